The number of rotatable bonds is 17. The summed E-state index contributed by atoms with van der Waals surface area (Å²) >= 11 is 3.99. The molecule has 3 aromatic rings. The summed E-state index contributed by atoms with van der Waals surface area (Å²) in [6, 6.07) is 13.3. The van der Waals surface area contributed by atoms with E-state index >= 15 is 0 Å². The summed E-state index contributed by atoms with van der Waals surface area (Å²) in [5.74, 6) is -0.398. The average molecular weight is 682 g/mol. The van der Waals surface area contributed by atoms with Gasteiger partial charge in [-0.2, -0.15) is 12.6 Å². The zero-order chi connectivity index (χ0) is 34.1. The number of benzene rings is 3. The zero-order valence-corrected chi connectivity index (χ0v) is 27.1. The zero-order valence-electron chi connectivity index (χ0n) is 26.2. The van der Waals surface area contributed by atoms with Crippen LogP contribution in [-0.4, -0.2) is 92.5 Å². The molecule has 13 nitrogen and oxygen atoms in total. The van der Waals surface area contributed by atoms with Gasteiger partial charge in [-0.05, 0) is 49.2 Å². The molecule has 0 aliphatic carbocycles. The van der Waals surface area contributed by atoms with Gasteiger partial charge in [0, 0.05) is 66.4 Å². The van der Waals surface area contributed by atoms with Gasteiger partial charge in [-0.3, -0.25) is 9.59 Å². The molecule has 5 rings (SSSR count). The van der Waals surface area contributed by atoms with Crippen LogP contribution in [0.1, 0.15) is 50.2 Å². The monoisotopic (exact) mass is 681 g/mol. The molecule has 256 valence electrons. The number of fused-ring (bicyclic) bond motifs is 6. The molecule has 0 fully saturated rings. The molecule has 0 saturated carbocycles. The van der Waals surface area contributed by atoms with E-state index < -0.39 is 17.6 Å². The number of nitrogens with two attached hydrogens (primary N) is 1. The minimum atomic E-state index is -1.39. The van der Waals surface area contributed by atoms with E-state index in [1.807, 2.05) is 0 Å². The van der Waals surface area contributed by atoms with E-state index in [9.17, 15) is 24.6 Å². The quantitative estimate of drug-likeness (QED) is 0.0699. The fraction of sp³-hybridized carbons (Fsp3) is 0.382. The van der Waals surface area contributed by atoms with E-state index in [0.29, 0.717) is 93.6 Å². The lowest BCUT2D eigenvalue weighted by Gasteiger charge is -2.36. The Morgan fingerprint density at radius 2 is 1.33 bits per heavy atom. The maximum absolute atomic E-state index is 13.3. The number of phenols is 2. The molecule has 0 saturated heterocycles. The molecule has 0 bridgehead atoms. The average Bonchev–Trinajstić information content (AvgIpc) is 3.36. The van der Waals surface area contributed by atoms with Gasteiger partial charge in [-0.1, -0.05) is 6.07 Å². The maximum Gasteiger partial charge on any atom is 0.340 e. The number of amides is 2. The summed E-state index contributed by atoms with van der Waals surface area (Å²) in [6.07, 6.45) is 1.25. The van der Waals surface area contributed by atoms with Gasteiger partial charge >= 0.3 is 5.97 Å². The third-order valence-electron chi connectivity index (χ3n) is 7.83. The minimum absolute atomic E-state index is 0.0344. The number of hydrogen-bond donors (Lipinski definition) is 6. The van der Waals surface area contributed by atoms with Gasteiger partial charge in [0.1, 0.15) is 23.0 Å². The molecule has 1 spiro atoms. The second kappa shape index (κ2) is 16.2. The Morgan fingerprint density at radius 3 is 1.92 bits per heavy atom. The van der Waals surface area contributed by atoms with Crippen LogP contribution in [0.15, 0.2) is 54.6 Å². The predicted octanol–water partition coefficient (Wildman–Crippen LogP) is 2.60. The van der Waals surface area contributed by atoms with Gasteiger partial charge < -0.3 is 50.3 Å². The van der Waals surface area contributed by atoms with E-state index in [1.54, 1.807) is 24.3 Å². The Hall–Kier alpha value is -4.34. The number of phenolic OH excluding ortho intramolecular Hbond substituents is 2. The molecule has 14 heteroatoms. The summed E-state index contributed by atoms with van der Waals surface area (Å²) in [7, 11) is 0. The van der Waals surface area contributed by atoms with Crippen molar-refractivity contribution < 1.29 is 48.3 Å². The van der Waals surface area contributed by atoms with Crippen LogP contribution in [0.25, 0.3) is 0 Å². The lowest BCUT2D eigenvalue weighted by Crippen LogP contribution is -2.42. The molecular weight excluding hydrogens is 642 g/mol. The van der Waals surface area contributed by atoms with Crippen LogP contribution in [0.3, 0.4) is 0 Å². The SMILES string of the molecule is N[C@@H](CS)C(=O)NCCCOCCOCCOCCCNC(=O)c1ccc2c(c1)C(=O)OC21c2ccc(O)cc2Oc2cc(O)ccc21. The summed E-state index contributed by atoms with van der Waals surface area (Å²) in [5.41, 5.74) is 6.25. The van der Waals surface area contributed by atoms with Gasteiger partial charge in [0.15, 0.2) is 5.60 Å². The minimum Gasteiger partial charge on any atom is -0.508 e. The molecule has 3 aromatic carbocycles. The van der Waals surface area contributed by atoms with E-state index in [0.717, 1.165) is 0 Å². The number of thiol groups is 1. The fourth-order valence-electron chi connectivity index (χ4n) is 5.47. The molecule has 0 unspecified atom stereocenters. The number of carbonyl (C=O) groups excluding carboxylic acids is 3. The number of hydrogen-bond acceptors (Lipinski definition) is 12. The van der Waals surface area contributed by atoms with Crippen LogP contribution in [0.5, 0.6) is 23.0 Å². The molecule has 2 aliphatic heterocycles. The Labute approximate surface area is 283 Å². The van der Waals surface area contributed by atoms with Crippen molar-refractivity contribution >= 4 is 30.4 Å². The first-order chi connectivity index (χ1) is 23.2. The molecule has 48 heavy (non-hydrogen) atoms. The highest BCUT2D eigenvalue weighted by molar-refractivity contribution is 7.80. The first-order valence-corrected chi connectivity index (χ1v) is 16.3. The standard InChI is InChI=1S/C34H39N3O10S/c35-28(20-48)32(41)37-10-2-12-44-14-16-45-15-13-43-11-1-9-36-31(40)21-3-6-25-24(17-21)33(42)47-34(25)26-7-4-22(38)18-29(26)46-30-19-23(39)5-8-27(30)34/h3-8,17-19,28,38-39,48H,1-2,9-16,20,35H2,(H,36,40)(H,37,41)/t28-/m0/s1. The number of ether oxygens (including phenoxy) is 5. The van der Waals surface area contributed by atoms with Gasteiger partial charge in [-0.15, -0.1) is 0 Å². The van der Waals surface area contributed by atoms with Crippen LogP contribution in [0, 0.1) is 0 Å². The first-order valence-electron chi connectivity index (χ1n) is 15.6. The van der Waals surface area contributed by atoms with Crippen molar-refractivity contribution in [1.29, 1.82) is 0 Å². The van der Waals surface area contributed by atoms with Crippen molar-refractivity contribution in [3.8, 4) is 23.0 Å². The van der Waals surface area contributed by atoms with Crippen molar-refractivity contribution in [1.82, 2.24) is 10.6 Å². The molecule has 2 amide bonds. The Bertz CT molecular complexity index is 1580. The molecular formula is C34H39N3O10S. The fourth-order valence-corrected chi connectivity index (χ4v) is 5.63. The summed E-state index contributed by atoms with van der Waals surface area (Å²) < 4.78 is 28.5. The summed E-state index contributed by atoms with van der Waals surface area (Å²) in [5, 5.41) is 25.7. The number of aromatic hydroxyl groups is 2. The molecule has 2 aliphatic rings. The van der Waals surface area contributed by atoms with Crippen molar-refractivity contribution in [3.05, 3.63) is 82.4 Å². The Balaban J connectivity index is 1.03. The second-order valence-electron chi connectivity index (χ2n) is 11.2. The predicted molar refractivity (Wildman–Crippen MR) is 177 cm³/mol. The van der Waals surface area contributed by atoms with Gasteiger partial charge in [0.05, 0.1) is 38.0 Å². The maximum atomic E-state index is 13.3. The Morgan fingerprint density at radius 1 is 0.792 bits per heavy atom. The molecule has 2 heterocycles. The number of nitrogens with one attached hydrogen (secondary N) is 2. The molecule has 6 N–H and O–H groups in total. The van der Waals surface area contributed by atoms with E-state index in [-0.39, 0.29) is 40.4 Å². The van der Waals surface area contributed by atoms with Crippen LogP contribution >= 0.6 is 12.6 Å². The van der Waals surface area contributed by atoms with Crippen LogP contribution in [0.4, 0.5) is 0 Å². The highest BCUT2D eigenvalue weighted by Gasteiger charge is 2.53. The van der Waals surface area contributed by atoms with Crippen LogP contribution in [0.2, 0.25) is 0 Å². The topological polar surface area (TPSA) is 188 Å². The third kappa shape index (κ3) is 7.85. The smallest absolute Gasteiger partial charge is 0.340 e. The van der Waals surface area contributed by atoms with E-state index in [1.165, 1.54) is 30.3 Å². The molecule has 0 radical (unpaired) electrons. The second-order valence-corrected chi connectivity index (χ2v) is 11.5. The lowest BCUT2D eigenvalue weighted by molar-refractivity contribution is -0.121. The van der Waals surface area contributed by atoms with Crippen LogP contribution < -0.4 is 21.1 Å². The normalized spacial score (nSPS) is 14.3. The Kier molecular flexibility index (Phi) is 11.8. The van der Waals surface area contributed by atoms with E-state index in [4.69, 9.17) is 29.4 Å². The largest absolute Gasteiger partial charge is 0.508 e. The van der Waals surface area contributed by atoms with Crippen molar-refractivity contribution in [2.75, 3.05) is 58.5 Å². The number of carbonyl (C=O) groups is 3. The van der Waals surface area contributed by atoms with Gasteiger partial charge in [0.2, 0.25) is 5.91 Å². The van der Waals surface area contributed by atoms with Crippen LogP contribution in [-0.2, 0) is 29.3 Å². The van der Waals surface area contributed by atoms with Gasteiger partial charge in [0.25, 0.3) is 5.91 Å². The molecule has 1 atom stereocenters. The summed E-state index contributed by atoms with van der Waals surface area (Å²) in [4.78, 5) is 37.7. The third-order valence-corrected chi connectivity index (χ3v) is 8.22. The van der Waals surface area contributed by atoms with Crippen molar-refractivity contribution in [3.63, 3.8) is 0 Å². The van der Waals surface area contributed by atoms with Gasteiger partial charge in [-0.25, -0.2) is 4.79 Å². The van der Waals surface area contributed by atoms with Crippen molar-refractivity contribution in [2.24, 2.45) is 5.73 Å². The molecule has 0 aromatic heterocycles. The summed E-state index contributed by atoms with van der Waals surface area (Å²) in [6.45, 7) is 3.43. The lowest BCUT2D eigenvalue weighted by atomic mass is 9.77. The van der Waals surface area contributed by atoms with Crippen molar-refractivity contribution in [2.45, 2.75) is 24.5 Å². The number of esters is 1. The van der Waals surface area contributed by atoms with E-state index in [2.05, 4.69) is 23.3 Å². The first kappa shape index (κ1) is 35.0. The highest BCUT2D eigenvalue weighted by atomic mass is 32.1. The highest BCUT2D eigenvalue weighted by Crippen LogP contribution is 2.57.